The van der Waals surface area contributed by atoms with E-state index in [9.17, 15) is 0 Å². The van der Waals surface area contributed by atoms with E-state index in [2.05, 4.69) is 48.4 Å². The predicted octanol–water partition coefficient (Wildman–Crippen LogP) is 4.63. The molecule has 0 bridgehead atoms. The molecule has 0 aliphatic carbocycles. The Kier molecular flexibility index (Phi) is 8.22. The number of rotatable bonds is 5. The van der Waals surface area contributed by atoms with Crippen LogP contribution in [-0.2, 0) is 0 Å². The van der Waals surface area contributed by atoms with Gasteiger partial charge in [-0.1, -0.05) is 44.2 Å². The molecule has 2 aromatic rings. The van der Waals surface area contributed by atoms with Gasteiger partial charge in [-0.2, -0.15) is 0 Å². The molecular formula is C21H28IN3O2. The minimum Gasteiger partial charge on any atom is -0.490 e. The van der Waals surface area contributed by atoms with Crippen LogP contribution in [0.4, 0.5) is 5.69 Å². The van der Waals surface area contributed by atoms with E-state index in [-0.39, 0.29) is 24.0 Å². The summed E-state index contributed by atoms with van der Waals surface area (Å²) in [6.45, 7) is 6.40. The van der Waals surface area contributed by atoms with Crippen LogP contribution in [0.1, 0.15) is 31.7 Å². The number of anilines is 1. The molecule has 6 heteroatoms. The first-order chi connectivity index (χ1) is 12.6. The fourth-order valence-electron chi connectivity index (χ4n) is 3.03. The van der Waals surface area contributed by atoms with Gasteiger partial charge in [0.2, 0.25) is 0 Å². The molecule has 146 valence electrons. The van der Waals surface area contributed by atoms with Crippen LogP contribution in [-0.4, -0.2) is 25.7 Å². The summed E-state index contributed by atoms with van der Waals surface area (Å²) in [5.41, 5.74) is 8.24. The number of guanidine groups is 1. The fraction of sp³-hybridized carbons (Fsp3) is 0.381. The first kappa shape index (κ1) is 21.3. The Morgan fingerprint density at radius 2 is 1.78 bits per heavy atom. The van der Waals surface area contributed by atoms with Crippen molar-refractivity contribution in [1.29, 1.82) is 0 Å². The highest BCUT2D eigenvalue weighted by Crippen LogP contribution is 2.32. The number of fused-ring (bicyclic) bond motifs is 1. The highest BCUT2D eigenvalue weighted by Gasteiger charge is 2.15. The third-order valence-electron chi connectivity index (χ3n) is 4.51. The first-order valence-electron chi connectivity index (χ1n) is 9.15. The molecule has 0 aromatic heterocycles. The standard InChI is InChI=1S/C21H27N3O2.HI/c1-15(2)18(16-7-4-3-5-8-16)14-23-21(22)24-17-9-10-19-20(13-17)26-12-6-11-25-19;/h3-5,7-10,13,15,18H,6,11-12,14H2,1-2H3,(H3,22,23,24);1H. The van der Waals surface area contributed by atoms with Crippen molar-refractivity contribution in [2.45, 2.75) is 26.2 Å². The van der Waals surface area contributed by atoms with E-state index in [1.165, 1.54) is 5.56 Å². The molecular weight excluding hydrogens is 453 g/mol. The summed E-state index contributed by atoms with van der Waals surface area (Å²) in [4.78, 5) is 4.56. The van der Waals surface area contributed by atoms with E-state index < -0.39 is 0 Å². The lowest BCUT2D eigenvalue weighted by Gasteiger charge is -2.19. The molecule has 1 atom stereocenters. The van der Waals surface area contributed by atoms with Crippen molar-refractivity contribution in [1.82, 2.24) is 0 Å². The number of aliphatic imine (C=N–C) groups is 1. The number of nitrogens with zero attached hydrogens (tertiary/aromatic N) is 1. The molecule has 2 aromatic carbocycles. The van der Waals surface area contributed by atoms with Crippen molar-refractivity contribution in [3.63, 3.8) is 0 Å². The van der Waals surface area contributed by atoms with Crippen LogP contribution in [0.25, 0.3) is 0 Å². The molecule has 0 saturated carbocycles. The highest BCUT2D eigenvalue weighted by atomic mass is 127. The van der Waals surface area contributed by atoms with Gasteiger partial charge < -0.3 is 20.5 Å². The molecule has 27 heavy (non-hydrogen) atoms. The maximum Gasteiger partial charge on any atom is 0.193 e. The van der Waals surface area contributed by atoms with Crippen LogP contribution in [0.15, 0.2) is 53.5 Å². The quantitative estimate of drug-likeness (QED) is 0.371. The summed E-state index contributed by atoms with van der Waals surface area (Å²) in [6, 6.07) is 16.2. The number of benzene rings is 2. The molecule has 3 rings (SSSR count). The van der Waals surface area contributed by atoms with E-state index in [1.807, 2.05) is 24.3 Å². The molecule has 0 radical (unpaired) electrons. The Morgan fingerprint density at radius 1 is 1.07 bits per heavy atom. The Bertz CT molecular complexity index is 750. The maximum atomic E-state index is 6.11. The van der Waals surface area contributed by atoms with E-state index >= 15 is 0 Å². The summed E-state index contributed by atoms with van der Waals surface area (Å²) in [6.07, 6.45) is 0.886. The van der Waals surface area contributed by atoms with Crippen molar-refractivity contribution in [3.8, 4) is 11.5 Å². The van der Waals surface area contributed by atoms with Crippen LogP contribution < -0.4 is 20.5 Å². The highest BCUT2D eigenvalue weighted by molar-refractivity contribution is 14.0. The van der Waals surface area contributed by atoms with Crippen LogP contribution in [0.2, 0.25) is 0 Å². The van der Waals surface area contributed by atoms with Crippen molar-refractivity contribution < 1.29 is 9.47 Å². The van der Waals surface area contributed by atoms with Crippen LogP contribution in [0.3, 0.4) is 0 Å². The molecule has 1 heterocycles. The van der Waals surface area contributed by atoms with E-state index in [1.54, 1.807) is 0 Å². The maximum absolute atomic E-state index is 6.11. The molecule has 1 aliphatic heterocycles. The lowest BCUT2D eigenvalue weighted by atomic mass is 9.88. The van der Waals surface area contributed by atoms with Gasteiger partial charge in [-0.15, -0.1) is 24.0 Å². The van der Waals surface area contributed by atoms with E-state index in [0.29, 0.717) is 37.6 Å². The van der Waals surface area contributed by atoms with Crippen LogP contribution >= 0.6 is 24.0 Å². The molecule has 0 spiro atoms. The van der Waals surface area contributed by atoms with Crippen molar-refractivity contribution >= 4 is 35.6 Å². The summed E-state index contributed by atoms with van der Waals surface area (Å²) in [5, 5.41) is 3.15. The summed E-state index contributed by atoms with van der Waals surface area (Å²) in [7, 11) is 0. The second-order valence-corrected chi connectivity index (χ2v) is 6.82. The number of hydrogen-bond acceptors (Lipinski definition) is 3. The van der Waals surface area contributed by atoms with Crippen molar-refractivity contribution in [3.05, 3.63) is 54.1 Å². The second kappa shape index (κ2) is 10.4. The number of halogens is 1. The summed E-state index contributed by atoms with van der Waals surface area (Å²) in [5.74, 6) is 2.73. The number of nitrogens with two attached hydrogens (primary N) is 1. The van der Waals surface area contributed by atoms with Crippen LogP contribution in [0, 0.1) is 5.92 Å². The summed E-state index contributed by atoms with van der Waals surface area (Å²) >= 11 is 0. The smallest absolute Gasteiger partial charge is 0.193 e. The van der Waals surface area contributed by atoms with Gasteiger partial charge in [0.15, 0.2) is 17.5 Å². The zero-order chi connectivity index (χ0) is 18.4. The van der Waals surface area contributed by atoms with Gasteiger partial charge in [-0.05, 0) is 23.6 Å². The SMILES string of the molecule is CC(C)C(CN=C(N)Nc1ccc2c(c1)OCCCO2)c1ccccc1.I. The zero-order valence-electron chi connectivity index (χ0n) is 15.9. The average Bonchev–Trinajstić information content (AvgIpc) is 2.87. The van der Waals surface area contributed by atoms with Crippen molar-refractivity contribution in [2.24, 2.45) is 16.6 Å². The Morgan fingerprint density at radius 3 is 2.48 bits per heavy atom. The van der Waals surface area contributed by atoms with Gasteiger partial charge >= 0.3 is 0 Å². The average molecular weight is 481 g/mol. The van der Waals surface area contributed by atoms with Gasteiger partial charge in [-0.3, -0.25) is 4.99 Å². The fourth-order valence-corrected chi connectivity index (χ4v) is 3.03. The largest absolute Gasteiger partial charge is 0.490 e. The number of nitrogens with one attached hydrogen (secondary N) is 1. The topological polar surface area (TPSA) is 68.9 Å². The molecule has 1 aliphatic rings. The van der Waals surface area contributed by atoms with Gasteiger partial charge in [-0.25, -0.2) is 0 Å². The predicted molar refractivity (Wildman–Crippen MR) is 122 cm³/mol. The first-order valence-corrected chi connectivity index (χ1v) is 9.15. The lowest BCUT2D eigenvalue weighted by Crippen LogP contribution is -2.24. The molecule has 3 N–H and O–H groups in total. The Balaban J connectivity index is 0.00000261. The van der Waals surface area contributed by atoms with Crippen molar-refractivity contribution in [2.75, 3.05) is 25.1 Å². The number of ether oxygens (including phenoxy) is 2. The number of hydrogen-bond donors (Lipinski definition) is 2. The van der Waals surface area contributed by atoms with E-state index in [0.717, 1.165) is 23.6 Å². The monoisotopic (exact) mass is 481 g/mol. The van der Waals surface area contributed by atoms with Gasteiger partial charge in [0, 0.05) is 30.6 Å². The molecule has 1 unspecified atom stereocenters. The summed E-state index contributed by atoms with van der Waals surface area (Å²) < 4.78 is 11.4. The molecule has 5 nitrogen and oxygen atoms in total. The lowest BCUT2D eigenvalue weighted by molar-refractivity contribution is 0.297. The van der Waals surface area contributed by atoms with E-state index in [4.69, 9.17) is 15.2 Å². The molecule has 0 fully saturated rings. The molecule has 0 amide bonds. The third kappa shape index (κ3) is 6.02. The third-order valence-corrected chi connectivity index (χ3v) is 4.51. The minimum atomic E-state index is 0. The second-order valence-electron chi connectivity index (χ2n) is 6.82. The van der Waals surface area contributed by atoms with Crippen LogP contribution in [0.5, 0.6) is 11.5 Å². The minimum absolute atomic E-state index is 0. The van der Waals surface area contributed by atoms with Gasteiger partial charge in [0.05, 0.1) is 13.2 Å². The zero-order valence-corrected chi connectivity index (χ0v) is 18.2. The normalized spacial score (nSPS) is 14.9. The van der Waals surface area contributed by atoms with Gasteiger partial charge in [0.25, 0.3) is 0 Å². The molecule has 0 saturated heterocycles. The Hall–Kier alpha value is -1.96. The van der Waals surface area contributed by atoms with Gasteiger partial charge in [0.1, 0.15) is 0 Å². The Labute approximate surface area is 178 Å².